The number of amides is 2. The molecule has 3 aromatic rings. The molecule has 144 valence electrons. The summed E-state index contributed by atoms with van der Waals surface area (Å²) in [6, 6.07) is 18.6. The van der Waals surface area contributed by atoms with Gasteiger partial charge in [-0.1, -0.05) is 56.3 Å². The zero-order valence-electron chi connectivity index (χ0n) is 15.9. The van der Waals surface area contributed by atoms with Gasteiger partial charge in [0.25, 0.3) is 11.8 Å². The number of benzene rings is 2. The van der Waals surface area contributed by atoms with Gasteiger partial charge in [0.1, 0.15) is 11.4 Å². The second kappa shape index (κ2) is 8.99. The maximum Gasteiger partial charge on any atom is 0.288 e. The molecule has 6 nitrogen and oxygen atoms in total. The van der Waals surface area contributed by atoms with Crippen molar-refractivity contribution in [1.29, 1.82) is 0 Å². The first-order valence-electron chi connectivity index (χ1n) is 9.25. The molecule has 0 spiro atoms. The lowest BCUT2D eigenvalue weighted by atomic mass is 9.98. The highest BCUT2D eigenvalue weighted by molar-refractivity contribution is 5.95. The molecule has 1 heterocycles. The summed E-state index contributed by atoms with van der Waals surface area (Å²) < 4.78 is 5.64. The summed E-state index contributed by atoms with van der Waals surface area (Å²) in [5.74, 6) is 0.0691. The van der Waals surface area contributed by atoms with Crippen molar-refractivity contribution in [2.75, 3.05) is 6.61 Å². The third kappa shape index (κ3) is 4.65. The van der Waals surface area contributed by atoms with E-state index in [0.29, 0.717) is 17.2 Å². The van der Waals surface area contributed by atoms with Crippen molar-refractivity contribution in [3.8, 4) is 5.75 Å². The van der Waals surface area contributed by atoms with Crippen molar-refractivity contribution in [3.63, 3.8) is 0 Å². The molecule has 0 aliphatic rings. The molecule has 1 atom stereocenters. The zero-order chi connectivity index (χ0) is 19.9. The van der Waals surface area contributed by atoms with Gasteiger partial charge in [0.05, 0.1) is 5.52 Å². The number of hydrogen-bond donors (Lipinski definition) is 2. The van der Waals surface area contributed by atoms with Gasteiger partial charge in [-0.2, -0.15) is 0 Å². The lowest BCUT2D eigenvalue weighted by Crippen LogP contribution is -2.44. The highest BCUT2D eigenvalue weighted by Crippen LogP contribution is 2.28. The first-order valence-corrected chi connectivity index (χ1v) is 9.25. The Hall–Kier alpha value is -3.41. The minimum absolute atomic E-state index is 0.196. The van der Waals surface area contributed by atoms with Gasteiger partial charge in [0.2, 0.25) is 0 Å². The van der Waals surface area contributed by atoms with E-state index in [1.165, 1.54) is 0 Å². The third-order valence-corrected chi connectivity index (χ3v) is 4.57. The molecule has 0 aliphatic heterocycles. The molecule has 0 saturated carbocycles. The van der Waals surface area contributed by atoms with Crippen molar-refractivity contribution >= 4 is 22.7 Å². The van der Waals surface area contributed by atoms with Crippen molar-refractivity contribution in [1.82, 2.24) is 15.8 Å². The van der Waals surface area contributed by atoms with Crippen LogP contribution in [-0.4, -0.2) is 23.4 Å². The number of aromatic nitrogens is 1. The van der Waals surface area contributed by atoms with Crippen LogP contribution in [-0.2, 0) is 4.79 Å². The molecule has 2 amide bonds. The summed E-state index contributed by atoms with van der Waals surface area (Å²) >= 11 is 0. The molecular formula is C22H23N3O3. The second-order valence-electron chi connectivity index (χ2n) is 6.53. The second-order valence-corrected chi connectivity index (χ2v) is 6.53. The Morgan fingerprint density at radius 3 is 2.57 bits per heavy atom. The molecule has 1 aromatic heterocycles. The lowest BCUT2D eigenvalue weighted by Gasteiger charge is -2.15. The van der Waals surface area contributed by atoms with Crippen molar-refractivity contribution in [2.24, 2.45) is 0 Å². The minimum Gasteiger partial charge on any atom is -0.483 e. The summed E-state index contributed by atoms with van der Waals surface area (Å²) in [6.45, 7) is 4.02. The Bertz CT molecular complexity index is 987. The van der Waals surface area contributed by atoms with Crippen molar-refractivity contribution in [3.05, 3.63) is 71.9 Å². The van der Waals surface area contributed by atoms with Gasteiger partial charge in [-0.3, -0.25) is 20.4 Å². The molecule has 3 rings (SSSR count). The number of nitrogens with one attached hydrogen (secondary N) is 2. The van der Waals surface area contributed by atoms with Crippen LogP contribution in [0.4, 0.5) is 0 Å². The SMILES string of the molecule is CCC(C)c1ccccc1OCC(=O)NNC(=O)c1ccc2ccccc2n1. The zero-order valence-corrected chi connectivity index (χ0v) is 15.9. The molecular weight excluding hydrogens is 354 g/mol. The summed E-state index contributed by atoms with van der Waals surface area (Å²) in [6.07, 6.45) is 0.974. The van der Waals surface area contributed by atoms with E-state index in [1.54, 1.807) is 6.07 Å². The minimum atomic E-state index is -0.487. The number of rotatable bonds is 6. The van der Waals surface area contributed by atoms with E-state index in [1.807, 2.05) is 54.6 Å². The van der Waals surface area contributed by atoms with Gasteiger partial charge in [-0.25, -0.2) is 4.98 Å². The van der Waals surface area contributed by atoms with Gasteiger partial charge in [0.15, 0.2) is 6.61 Å². The van der Waals surface area contributed by atoms with Gasteiger partial charge >= 0.3 is 0 Å². The van der Waals surface area contributed by atoms with Gasteiger partial charge < -0.3 is 4.74 Å². The van der Waals surface area contributed by atoms with E-state index in [-0.39, 0.29) is 12.3 Å². The van der Waals surface area contributed by atoms with Crippen molar-refractivity contribution < 1.29 is 14.3 Å². The Labute approximate surface area is 163 Å². The first-order chi connectivity index (χ1) is 13.6. The fraction of sp³-hybridized carbons (Fsp3) is 0.227. The number of nitrogens with zero attached hydrogens (tertiary/aromatic N) is 1. The molecule has 0 aliphatic carbocycles. The van der Waals surface area contributed by atoms with Crippen LogP contribution in [0.1, 0.15) is 42.2 Å². The van der Waals surface area contributed by atoms with E-state index in [2.05, 4.69) is 29.7 Å². The van der Waals surface area contributed by atoms with Crippen LogP contribution >= 0.6 is 0 Å². The molecule has 6 heteroatoms. The Balaban J connectivity index is 1.55. The molecule has 28 heavy (non-hydrogen) atoms. The van der Waals surface area contributed by atoms with Crippen LogP contribution in [0.25, 0.3) is 10.9 Å². The number of fused-ring (bicyclic) bond motifs is 1. The number of para-hydroxylation sites is 2. The number of hydrazine groups is 1. The van der Waals surface area contributed by atoms with Crippen LogP contribution in [0.5, 0.6) is 5.75 Å². The molecule has 2 N–H and O–H groups in total. The Morgan fingerprint density at radius 1 is 1.00 bits per heavy atom. The van der Waals surface area contributed by atoms with Crippen LogP contribution in [0.3, 0.4) is 0 Å². The predicted molar refractivity (Wildman–Crippen MR) is 108 cm³/mol. The van der Waals surface area contributed by atoms with E-state index in [4.69, 9.17) is 4.74 Å². The number of carbonyl (C=O) groups is 2. The highest BCUT2D eigenvalue weighted by atomic mass is 16.5. The molecule has 0 saturated heterocycles. The average molecular weight is 377 g/mol. The summed E-state index contributed by atoms with van der Waals surface area (Å²) in [7, 11) is 0. The fourth-order valence-electron chi connectivity index (χ4n) is 2.80. The molecule has 0 bridgehead atoms. The molecule has 1 unspecified atom stereocenters. The van der Waals surface area contributed by atoms with E-state index in [0.717, 1.165) is 17.4 Å². The van der Waals surface area contributed by atoms with Crippen molar-refractivity contribution in [2.45, 2.75) is 26.2 Å². The van der Waals surface area contributed by atoms with Crippen LogP contribution in [0.15, 0.2) is 60.7 Å². The number of pyridine rings is 1. The number of carbonyl (C=O) groups excluding carboxylic acids is 2. The topological polar surface area (TPSA) is 80.3 Å². The van der Waals surface area contributed by atoms with E-state index >= 15 is 0 Å². The quantitative estimate of drug-likeness (QED) is 0.644. The monoisotopic (exact) mass is 377 g/mol. The van der Waals surface area contributed by atoms with Crippen LogP contribution in [0, 0.1) is 0 Å². The normalized spacial score (nSPS) is 11.6. The van der Waals surface area contributed by atoms with Crippen LogP contribution in [0.2, 0.25) is 0 Å². The fourth-order valence-corrected chi connectivity index (χ4v) is 2.80. The summed E-state index contributed by atoms with van der Waals surface area (Å²) in [4.78, 5) is 28.6. The van der Waals surface area contributed by atoms with E-state index < -0.39 is 11.8 Å². The van der Waals surface area contributed by atoms with Gasteiger partial charge in [-0.05, 0) is 36.1 Å². The lowest BCUT2D eigenvalue weighted by molar-refractivity contribution is -0.123. The molecule has 0 radical (unpaired) electrons. The standard InChI is InChI=1S/C22H23N3O3/c1-3-15(2)17-9-5-7-11-20(17)28-14-21(26)24-25-22(27)19-13-12-16-8-4-6-10-18(16)23-19/h4-13,15H,3,14H2,1-2H3,(H,24,26)(H,25,27). The average Bonchev–Trinajstić information content (AvgIpc) is 2.75. The van der Waals surface area contributed by atoms with Crippen LogP contribution < -0.4 is 15.6 Å². The maximum absolute atomic E-state index is 12.2. The van der Waals surface area contributed by atoms with E-state index in [9.17, 15) is 9.59 Å². The van der Waals surface area contributed by atoms with Gasteiger partial charge in [-0.15, -0.1) is 0 Å². The maximum atomic E-state index is 12.2. The summed E-state index contributed by atoms with van der Waals surface area (Å²) in [5.41, 5.74) is 6.72. The number of hydrogen-bond acceptors (Lipinski definition) is 4. The third-order valence-electron chi connectivity index (χ3n) is 4.57. The summed E-state index contributed by atoms with van der Waals surface area (Å²) in [5, 5.41) is 0.941. The Kier molecular flexibility index (Phi) is 6.22. The molecule has 2 aromatic carbocycles. The first kappa shape index (κ1) is 19.4. The highest BCUT2D eigenvalue weighted by Gasteiger charge is 2.13. The molecule has 0 fully saturated rings. The smallest absolute Gasteiger partial charge is 0.288 e. The predicted octanol–water partition coefficient (Wildman–Crippen LogP) is 3.59. The largest absolute Gasteiger partial charge is 0.483 e. The number of ether oxygens (including phenoxy) is 1. The van der Waals surface area contributed by atoms with Gasteiger partial charge in [0, 0.05) is 5.39 Å². The Morgan fingerprint density at radius 2 is 1.75 bits per heavy atom.